The molecule has 0 bridgehead atoms. The lowest BCUT2D eigenvalue weighted by Gasteiger charge is -2.33. The fraction of sp³-hybridized carbons (Fsp3) is 0.727. The molecule has 2 heterocycles. The van der Waals surface area contributed by atoms with E-state index in [2.05, 4.69) is 15.4 Å². The summed E-state index contributed by atoms with van der Waals surface area (Å²) in [5.41, 5.74) is 1.05. The standard InChI is InChI=1S/C11H17N3O/c1-2-9(1)11-8-14(5-4-12-11)7-10-3-6-15-13-10/h3,6,9,11-12H,1-2,4-5,7-8H2. The monoisotopic (exact) mass is 207 g/mol. The fourth-order valence-electron chi connectivity index (χ4n) is 2.35. The maximum absolute atomic E-state index is 4.85. The molecule has 1 N–H and O–H groups in total. The Kier molecular flexibility index (Phi) is 2.46. The molecule has 1 aromatic heterocycles. The van der Waals surface area contributed by atoms with Gasteiger partial charge >= 0.3 is 0 Å². The van der Waals surface area contributed by atoms with Gasteiger partial charge in [-0.3, -0.25) is 4.90 Å². The Morgan fingerprint density at radius 2 is 2.47 bits per heavy atom. The van der Waals surface area contributed by atoms with Crippen LogP contribution in [0.25, 0.3) is 0 Å². The van der Waals surface area contributed by atoms with Crippen LogP contribution >= 0.6 is 0 Å². The van der Waals surface area contributed by atoms with Gasteiger partial charge in [0.25, 0.3) is 0 Å². The third-order valence-corrected chi connectivity index (χ3v) is 3.36. The van der Waals surface area contributed by atoms with Crippen molar-refractivity contribution >= 4 is 0 Å². The van der Waals surface area contributed by atoms with E-state index in [-0.39, 0.29) is 0 Å². The van der Waals surface area contributed by atoms with E-state index in [1.54, 1.807) is 6.26 Å². The smallest absolute Gasteiger partial charge is 0.124 e. The number of nitrogens with one attached hydrogen (secondary N) is 1. The molecule has 1 aliphatic carbocycles. The summed E-state index contributed by atoms with van der Waals surface area (Å²) in [5, 5.41) is 7.56. The van der Waals surface area contributed by atoms with Gasteiger partial charge < -0.3 is 9.84 Å². The van der Waals surface area contributed by atoms with Crippen molar-refractivity contribution < 1.29 is 4.52 Å². The van der Waals surface area contributed by atoms with Crippen molar-refractivity contribution in [1.82, 2.24) is 15.4 Å². The van der Waals surface area contributed by atoms with Crippen molar-refractivity contribution in [3.05, 3.63) is 18.0 Å². The lowest BCUT2D eigenvalue weighted by Crippen LogP contribution is -2.51. The van der Waals surface area contributed by atoms with Crippen LogP contribution in [0.3, 0.4) is 0 Å². The van der Waals surface area contributed by atoms with Crippen LogP contribution in [-0.4, -0.2) is 35.7 Å². The number of piperazine rings is 1. The predicted octanol–water partition coefficient (Wildman–Crippen LogP) is 0.858. The molecule has 0 spiro atoms. The number of hydrogen-bond donors (Lipinski definition) is 1. The van der Waals surface area contributed by atoms with Crippen LogP contribution in [-0.2, 0) is 6.54 Å². The number of rotatable bonds is 3. The molecule has 0 radical (unpaired) electrons. The third-order valence-electron chi connectivity index (χ3n) is 3.36. The van der Waals surface area contributed by atoms with Crippen molar-refractivity contribution in [2.45, 2.75) is 25.4 Å². The highest BCUT2D eigenvalue weighted by atomic mass is 16.5. The van der Waals surface area contributed by atoms with E-state index >= 15 is 0 Å². The maximum Gasteiger partial charge on any atom is 0.124 e. The van der Waals surface area contributed by atoms with Gasteiger partial charge in [0, 0.05) is 38.3 Å². The molecule has 1 unspecified atom stereocenters. The highest BCUT2D eigenvalue weighted by Gasteiger charge is 2.33. The molecule has 0 amide bonds. The van der Waals surface area contributed by atoms with Gasteiger partial charge in [-0.1, -0.05) is 5.16 Å². The first-order valence-electron chi connectivity index (χ1n) is 5.77. The molecule has 1 saturated carbocycles. The first-order valence-corrected chi connectivity index (χ1v) is 5.77. The van der Waals surface area contributed by atoms with Crippen LogP contribution in [0, 0.1) is 5.92 Å². The van der Waals surface area contributed by atoms with Crippen LogP contribution in [0.1, 0.15) is 18.5 Å². The molecule has 1 saturated heterocycles. The molecule has 2 aliphatic rings. The molecule has 0 aromatic carbocycles. The van der Waals surface area contributed by atoms with Gasteiger partial charge in [-0.05, 0) is 18.8 Å². The molecule has 82 valence electrons. The van der Waals surface area contributed by atoms with Crippen molar-refractivity contribution in [3.63, 3.8) is 0 Å². The fourth-order valence-corrected chi connectivity index (χ4v) is 2.35. The molecule has 1 atom stereocenters. The van der Waals surface area contributed by atoms with E-state index < -0.39 is 0 Å². The van der Waals surface area contributed by atoms with Gasteiger partial charge in [0.2, 0.25) is 0 Å². The zero-order valence-corrected chi connectivity index (χ0v) is 8.85. The van der Waals surface area contributed by atoms with E-state index in [1.165, 1.54) is 12.8 Å². The molecular weight excluding hydrogens is 190 g/mol. The summed E-state index contributed by atoms with van der Waals surface area (Å²) < 4.78 is 4.85. The Morgan fingerprint density at radius 3 is 3.20 bits per heavy atom. The second kappa shape index (κ2) is 3.94. The number of nitrogens with zero attached hydrogens (tertiary/aromatic N) is 2. The first-order chi connectivity index (χ1) is 7.42. The third kappa shape index (κ3) is 2.21. The average Bonchev–Trinajstić information content (AvgIpc) is 3.00. The van der Waals surface area contributed by atoms with Gasteiger partial charge in [-0.2, -0.15) is 0 Å². The predicted molar refractivity (Wildman–Crippen MR) is 56.3 cm³/mol. The van der Waals surface area contributed by atoms with Crippen molar-refractivity contribution in [3.8, 4) is 0 Å². The van der Waals surface area contributed by atoms with Crippen molar-refractivity contribution in [2.24, 2.45) is 5.92 Å². The van der Waals surface area contributed by atoms with Gasteiger partial charge in [-0.25, -0.2) is 0 Å². The Hall–Kier alpha value is -0.870. The summed E-state index contributed by atoms with van der Waals surface area (Å²) in [7, 11) is 0. The molecule has 4 heteroatoms. The molecule has 2 fully saturated rings. The minimum Gasteiger partial charge on any atom is -0.364 e. The normalized spacial score (nSPS) is 28.1. The topological polar surface area (TPSA) is 41.3 Å². The van der Waals surface area contributed by atoms with Crippen LogP contribution in [0.2, 0.25) is 0 Å². The summed E-state index contributed by atoms with van der Waals surface area (Å²) in [6.07, 6.45) is 4.47. The van der Waals surface area contributed by atoms with Crippen LogP contribution in [0.15, 0.2) is 16.9 Å². The van der Waals surface area contributed by atoms with E-state index in [1.807, 2.05) is 6.07 Å². The van der Waals surface area contributed by atoms with Crippen molar-refractivity contribution in [2.75, 3.05) is 19.6 Å². The zero-order chi connectivity index (χ0) is 10.1. The minimum absolute atomic E-state index is 0.714. The lowest BCUT2D eigenvalue weighted by atomic mass is 10.1. The van der Waals surface area contributed by atoms with E-state index in [0.29, 0.717) is 6.04 Å². The average molecular weight is 207 g/mol. The lowest BCUT2D eigenvalue weighted by molar-refractivity contribution is 0.177. The SMILES string of the molecule is c1cc(CN2CCNC(C3CC3)C2)no1. The molecule has 1 aliphatic heterocycles. The Balaban J connectivity index is 1.56. The first kappa shape index (κ1) is 9.36. The Labute approximate surface area is 89.6 Å². The van der Waals surface area contributed by atoms with E-state index in [4.69, 9.17) is 4.52 Å². The highest BCUT2D eigenvalue weighted by molar-refractivity contribution is 4.97. The maximum atomic E-state index is 4.85. The van der Waals surface area contributed by atoms with Crippen LogP contribution in [0.5, 0.6) is 0 Å². The van der Waals surface area contributed by atoms with Gasteiger partial charge in [0.15, 0.2) is 0 Å². The summed E-state index contributed by atoms with van der Waals surface area (Å²) in [5.74, 6) is 0.935. The summed E-state index contributed by atoms with van der Waals surface area (Å²) in [4.78, 5) is 2.47. The molecule has 15 heavy (non-hydrogen) atoms. The van der Waals surface area contributed by atoms with E-state index in [9.17, 15) is 0 Å². The number of aromatic nitrogens is 1. The Morgan fingerprint density at radius 1 is 1.53 bits per heavy atom. The zero-order valence-electron chi connectivity index (χ0n) is 8.85. The molecule has 3 rings (SSSR count). The second-order valence-corrected chi connectivity index (χ2v) is 4.62. The van der Waals surface area contributed by atoms with E-state index in [0.717, 1.165) is 37.8 Å². The summed E-state index contributed by atoms with van der Waals surface area (Å²) in [6.45, 7) is 4.33. The molecular formula is C11H17N3O. The van der Waals surface area contributed by atoms with Gasteiger partial charge in [-0.15, -0.1) is 0 Å². The van der Waals surface area contributed by atoms with Gasteiger partial charge in [0.1, 0.15) is 6.26 Å². The summed E-state index contributed by atoms with van der Waals surface area (Å²) in [6, 6.07) is 2.67. The van der Waals surface area contributed by atoms with Crippen LogP contribution < -0.4 is 5.32 Å². The van der Waals surface area contributed by atoms with Gasteiger partial charge in [0.05, 0.1) is 5.69 Å². The highest BCUT2D eigenvalue weighted by Crippen LogP contribution is 2.33. The molecule has 4 nitrogen and oxygen atoms in total. The minimum atomic E-state index is 0.714. The largest absolute Gasteiger partial charge is 0.364 e. The van der Waals surface area contributed by atoms with Crippen LogP contribution in [0.4, 0.5) is 0 Å². The summed E-state index contributed by atoms with van der Waals surface area (Å²) >= 11 is 0. The Bertz CT molecular complexity index is 308. The van der Waals surface area contributed by atoms with Crippen molar-refractivity contribution in [1.29, 1.82) is 0 Å². The molecule has 1 aromatic rings. The number of hydrogen-bond acceptors (Lipinski definition) is 4. The second-order valence-electron chi connectivity index (χ2n) is 4.62. The quantitative estimate of drug-likeness (QED) is 0.798.